The van der Waals surface area contributed by atoms with Gasteiger partial charge < -0.3 is 4.90 Å². The Morgan fingerprint density at radius 3 is 2.32 bits per heavy atom. The number of nitrogens with zero attached hydrogens (tertiary/aromatic N) is 2. The SMILES string of the molecule is CCC(CC)C(=O)N1CCCN(S(=O)(=O)Cc2ccc(F)cc2)CC1. The molecule has 2 rings (SSSR count). The van der Waals surface area contributed by atoms with Crippen LogP contribution < -0.4 is 0 Å². The van der Waals surface area contributed by atoms with E-state index in [1.807, 2.05) is 13.8 Å². The number of carbonyl (C=O) groups is 1. The maximum atomic E-state index is 13.0. The molecule has 0 aliphatic carbocycles. The minimum Gasteiger partial charge on any atom is -0.341 e. The summed E-state index contributed by atoms with van der Waals surface area (Å²) in [6.07, 6.45) is 2.24. The quantitative estimate of drug-likeness (QED) is 0.773. The smallest absolute Gasteiger partial charge is 0.225 e. The van der Waals surface area contributed by atoms with Crippen molar-refractivity contribution < 1.29 is 17.6 Å². The lowest BCUT2D eigenvalue weighted by molar-refractivity contribution is -0.135. The normalized spacial score (nSPS) is 16.9. The van der Waals surface area contributed by atoms with Crippen LogP contribution in [0.1, 0.15) is 38.7 Å². The Morgan fingerprint density at radius 2 is 1.72 bits per heavy atom. The van der Waals surface area contributed by atoms with Gasteiger partial charge in [-0.15, -0.1) is 0 Å². The minimum atomic E-state index is -3.48. The Balaban J connectivity index is 2.01. The fourth-order valence-corrected chi connectivity index (χ4v) is 4.73. The lowest BCUT2D eigenvalue weighted by Crippen LogP contribution is -2.40. The number of hydrogen-bond acceptors (Lipinski definition) is 3. The van der Waals surface area contributed by atoms with E-state index in [9.17, 15) is 17.6 Å². The van der Waals surface area contributed by atoms with Gasteiger partial charge in [0.1, 0.15) is 5.82 Å². The summed E-state index contributed by atoms with van der Waals surface area (Å²) in [5.74, 6) is -0.384. The van der Waals surface area contributed by atoms with Crippen molar-refractivity contribution in [3.63, 3.8) is 0 Å². The van der Waals surface area contributed by atoms with Crippen LogP contribution in [0.2, 0.25) is 0 Å². The van der Waals surface area contributed by atoms with E-state index in [0.717, 1.165) is 12.8 Å². The molecule has 140 valence electrons. The van der Waals surface area contributed by atoms with E-state index in [0.29, 0.717) is 38.2 Å². The van der Waals surface area contributed by atoms with Gasteiger partial charge in [-0.3, -0.25) is 4.79 Å². The van der Waals surface area contributed by atoms with Crippen LogP contribution in [0.3, 0.4) is 0 Å². The van der Waals surface area contributed by atoms with E-state index >= 15 is 0 Å². The number of benzene rings is 1. The monoisotopic (exact) mass is 370 g/mol. The molecule has 0 N–H and O–H groups in total. The molecule has 1 aromatic carbocycles. The van der Waals surface area contributed by atoms with Crippen molar-refractivity contribution in [1.29, 1.82) is 0 Å². The number of carbonyl (C=O) groups excluding carboxylic acids is 1. The maximum Gasteiger partial charge on any atom is 0.225 e. The molecule has 1 fully saturated rings. The first-order chi connectivity index (χ1) is 11.9. The Hall–Kier alpha value is -1.47. The van der Waals surface area contributed by atoms with Gasteiger partial charge in [0.25, 0.3) is 0 Å². The van der Waals surface area contributed by atoms with Crippen molar-refractivity contribution >= 4 is 15.9 Å². The lowest BCUT2D eigenvalue weighted by atomic mass is 10.0. The van der Waals surface area contributed by atoms with E-state index < -0.39 is 10.0 Å². The first-order valence-corrected chi connectivity index (χ1v) is 10.5. The third-order valence-corrected chi connectivity index (χ3v) is 6.61. The molecule has 0 aromatic heterocycles. The lowest BCUT2D eigenvalue weighted by Gasteiger charge is -2.25. The van der Waals surface area contributed by atoms with Crippen molar-refractivity contribution in [2.75, 3.05) is 26.2 Å². The third kappa shape index (κ3) is 5.25. The Morgan fingerprint density at radius 1 is 1.08 bits per heavy atom. The topological polar surface area (TPSA) is 57.7 Å². The van der Waals surface area contributed by atoms with E-state index in [4.69, 9.17) is 0 Å². The van der Waals surface area contributed by atoms with Crippen molar-refractivity contribution in [1.82, 2.24) is 9.21 Å². The summed E-state index contributed by atoms with van der Waals surface area (Å²) in [6, 6.07) is 5.52. The molecule has 1 aliphatic rings. The number of halogens is 1. The zero-order valence-electron chi connectivity index (χ0n) is 14.9. The maximum absolute atomic E-state index is 13.0. The molecule has 0 spiro atoms. The molecule has 7 heteroatoms. The molecule has 5 nitrogen and oxygen atoms in total. The van der Waals surface area contributed by atoms with Gasteiger partial charge in [0.15, 0.2) is 0 Å². The third-order valence-electron chi connectivity index (χ3n) is 4.76. The van der Waals surface area contributed by atoms with Crippen molar-refractivity contribution in [3.8, 4) is 0 Å². The largest absolute Gasteiger partial charge is 0.341 e. The minimum absolute atomic E-state index is 0.0161. The molecule has 1 saturated heterocycles. The Labute approximate surface area is 149 Å². The van der Waals surface area contributed by atoms with Gasteiger partial charge in [-0.05, 0) is 37.0 Å². The standard InChI is InChI=1S/C18H27FN2O3S/c1-3-16(4-2)18(22)20-10-5-11-21(13-12-20)25(23,24)14-15-6-8-17(19)9-7-15/h6-9,16H,3-5,10-14H2,1-2H3. The van der Waals surface area contributed by atoms with Crippen LogP contribution in [0.25, 0.3) is 0 Å². The fraction of sp³-hybridized carbons (Fsp3) is 0.611. The van der Waals surface area contributed by atoms with Crippen LogP contribution in [0.4, 0.5) is 4.39 Å². The van der Waals surface area contributed by atoms with Gasteiger partial charge >= 0.3 is 0 Å². The van der Waals surface area contributed by atoms with E-state index in [1.165, 1.54) is 28.6 Å². The van der Waals surface area contributed by atoms with Gasteiger partial charge in [0.05, 0.1) is 5.75 Å². The van der Waals surface area contributed by atoms with Gasteiger partial charge in [0.2, 0.25) is 15.9 Å². The highest BCUT2D eigenvalue weighted by atomic mass is 32.2. The first kappa shape index (κ1) is 19.8. The second-order valence-corrected chi connectivity index (χ2v) is 8.44. The van der Waals surface area contributed by atoms with Gasteiger partial charge in [0, 0.05) is 32.1 Å². The molecule has 0 atom stereocenters. The number of rotatable bonds is 6. The zero-order chi connectivity index (χ0) is 18.4. The summed E-state index contributed by atoms with van der Waals surface area (Å²) < 4.78 is 39.7. The van der Waals surface area contributed by atoms with E-state index in [2.05, 4.69) is 0 Å². The predicted molar refractivity (Wildman–Crippen MR) is 95.9 cm³/mol. The highest BCUT2D eigenvalue weighted by molar-refractivity contribution is 7.88. The Kier molecular flexibility index (Phi) is 6.95. The average molecular weight is 370 g/mol. The highest BCUT2D eigenvalue weighted by Crippen LogP contribution is 2.17. The number of hydrogen-bond donors (Lipinski definition) is 0. The summed E-state index contributed by atoms with van der Waals surface area (Å²) in [7, 11) is -3.48. The summed E-state index contributed by atoms with van der Waals surface area (Å²) in [5, 5.41) is 0. The van der Waals surface area contributed by atoms with Crippen molar-refractivity contribution in [3.05, 3.63) is 35.6 Å². The second-order valence-electron chi connectivity index (χ2n) is 6.47. The Bertz CT molecular complexity index is 672. The molecule has 0 unspecified atom stereocenters. The highest BCUT2D eigenvalue weighted by Gasteiger charge is 2.28. The van der Waals surface area contributed by atoms with E-state index in [1.54, 1.807) is 4.90 Å². The van der Waals surface area contributed by atoms with Crippen LogP contribution in [-0.4, -0.2) is 49.7 Å². The summed E-state index contributed by atoms with van der Waals surface area (Å²) >= 11 is 0. The number of amides is 1. The van der Waals surface area contributed by atoms with Crippen molar-refractivity contribution in [2.24, 2.45) is 5.92 Å². The van der Waals surface area contributed by atoms with Crippen LogP contribution in [0.15, 0.2) is 24.3 Å². The summed E-state index contributed by atoms with van der Waals surface area (Å²) in [5.41, 5.74) is 0.565. The van der Waals surface area contributed by atoms with Gasteiger partial charge in [-0.2, -0.15) is 4.31 Å². The molecule has 1 amide bonds. The molecular formula is C18H27FN2O3S. The summed E-state index contributed by atoms with van der Waals surface area (Å²) in [6.45, 7) is 5.76. The molecule has 0 radical (unpaired) electrons. The molecule has 25 heavy (non-hydrogen) atoms. The second kappa shape index (κ2) is 8.76. The fourth-order valence-electron chi connectivity index (χ4n) is 3.17. The molecular weight excluding hydrogens is 343 g/mol. The number of sulfonamides is 1. The van der Waals surface area contributed by atoms with Crippen molar-refractivity contribution in [2.45, 2.75) is 38.9 Å². The zero-order valence-corrected chi connectivity index (χ0v) is 15.8. The summed E-state index contributed by atoms with van der Waals surface area (Å²) in [4.78, 5) is 14.3. The van der Waals surface area contributed by atoms with Crippen LogP contribution >= 0.6 is 0 Å². The molecule has 0 bridgehead atoms. The first-order valence-electron chi connectivity index (χ1n) is 8.88. The van der Waals surface area contributed by atoms with Crippen LogP contribution in [0, 0.1) is 11.7 Å². The van der Waals surface area contributed by atoms with E-state index in [-0.39, 0.29) is 23.4 Å². The molecule has 1 aliphatic heterocycles. The van der Waals surface area contributed by atoms with Crippen LogP contribution in [-0.2, 0) is 20.6 Å². The average Bonchev–Trinajstić information content (AvgIpc) is 2.84. The van der Waals surface area contributed by atoms with Crippen LogP contribution in [0.5, 0.6) is 0 Å². The van der Waals surface area contributed by atoms with Gasteiger partial charge in [-0.25, -0.2) is 12.8 Å². The predicted octanol–water partition coefficient (Wildman–Crippen LogP) is 2.63. The molecule has 1 aromatic rings. The molecule has 1 heterocycles. The van der Waals surface area contributed by atoms with Gasteiger partial charge in [-0.1, -0.05) is 26.0 Å². The molecule has 0 saturated carbocycles.